The van der Waals surface area contributed by atoms with Crippen molar-refractivity contribution in [2.75, 3.05) is 7.11 Å². The Bertz CT molecular complexity index is 474. The zero-order chi connectivity index (χ0) is 12.1. The Morgan fingerprint density at radius 2 is 2.29 bits per heavy atom. The second-order valence-corrected chi connectivity index (χ2v) is 3.83. The van der Waals surface area contributed by atoms with Gasteiger partial charge in [-0.3, -0.25) is 0 Å². The summed E-state index contributed by atoms with van der Waals surface area (Å²) in [6, 6.07) is 5.66. The molecule has 0 saturated heterocycles. The highest BCUT2D eigenvalue weighted by Crippen LogP contribution is 2.24. The summed E-state index contributed by atoms with van der Waals surface area (Å²) in [5, 5.41) is 7.49. The Morgan fingerprint density at radius 1 is 1.41 bits per heavy atom. The monoisotopic (exact) mass is 253 g/mol. The Kier molecular flexibility index (Phi) is 3.95. The molecule has 0 radical (unpaired) electrons. The molecule has 0 saturated carbocycles. The minimum Gasteiger partial charge on any atom is -0.495 e. The van der Waals surface area contributed by atoms with Gasteiger partial charge in [-0.25, -0.2) is 0 Å². The summed E-state index contributed by atoms with van der Waals surface area (Å²) in [5.74, 6) is 1.30. The molecule has 5 nitrogen and oxygen atoms in total. The largest absolute Gasteiger partial charge is 0.495 e. The third kappa shape index (κ3) is 3.18. The first kappa shape index (κ1) is 11.9. The Balaban J connectivity index is 1.89. The summed E-state index contributed by atoms with van der Waals surface area (Å²) < 4.78 is 9.71. The predicted octanol–water partition coefficient (Wildman–Crippen LogP) is 2.02. The van der Waals surface area contributed by atoms with Crippen molar-refractivity contribution < 1.29 is 9.26 Å². The van der Waals surface area contributed by atoms with Gasteiger partial charge in [-0.1, -0.05) is 22.8 Å². The number of ether oxygens (including phenoxy) is 1. The maximum absolute atomic E-state index is 6.02. The summed E-state index contributed by atoms with van der Waals surface area (Å²) in [4.78, 5) is 3.91. The molecule has 1 aromatic carbocycles. The van der Waals surface area contributed by atoms with E-state index in [1.165, 1.54) is 6.39 Å². The van der Waals surface area contributed by atoms with Crippen LogP contribution in [0.25, 0.3) is 0 Å². The van der Waals surface area contributed by atoms with E-state index in [1.807, 2.05) is 18.2 Å². The van der Waals surface area contributed by atoms with Gasteiger partial charge in [-0.15, -0.1) is 0 Å². The van der Waals surface area contributed by atoms with E-state index < -0.39 is 0 Å². The molecule has 2 rings (SSSR count). The molecule has 0 atom stereocenters. The van der Waals surface area contributed by atoms with Gasteiger partial charge in [0, 0.05) is 6.54 Å². The fourth-order valence-corrected chi connectivity index (χ4v) is 1.69. The summed E-state index contributed by atoms with van der Waals surface area (Å²) in [5.41, 5.74) is 1.07. The van der Waals surface area contributed by atoms with E-state index in [2.05, 4.69) is 20.0 Å². The van der Waals surface area contributed by atoms with Crippen LogP contribution < -0.4 is 10.1 Å². The third-order valence-electron chi connectivity index (χ3n) is 2.24. The lowest BCUT2D eigenvalue weighted by Gasteiger charge is -2.06. The van der Waals surface area contributed by atoms with Crippen molar-refractivity contribution in [1.29, 1.82) is 0 Å². The van der Waals surface area contributed by atoms with Crippen LogP contribution in [0.15, 0.2) is 29.1 Å². The van der Waals surface area contributed by atoms with Gasteiger partial charge in [0.05, 0.1) is 18.7 Å². The lowest BCUT2D eigenvalue weighted by atomic mass is 10.2. The zero-order valence-corrected chi connectivity index (χ0v) is 10.1. The predicted molar refractivity (Wildman–Crippen MR) is 62.8 cm³/mol. The molecule has 0 bridgehead atoms. The quantitative estimate of drug-likeness (QED) is 0.883. The second-order valence-electron chi connectivity index (χ2n) is 3.42. The number of nitrogens with zero attached hydrogens (tertiary/aromatic N) is 2. The highest BCUT2D eigenvalue weighted by Gasteiger charge is 2.02. The van der Waals surface area contributed by atoms with Crippen molar-refractivity contribution in [3.8, 4) is 5.75 Å². The van der Waals surface area contributed by atoms with Crippen LogP contribution in [0.2, 0.25) is 5.02 Å². The summed E-state index contributed by atoms with van der Waals surface area (Å²) >= 11 is 6.02. The average Bonchev–Trinajstić information content (AvgIpc) is 2.82. The summed E-state index contributed by atoms with van der Waals surface area (Å²) in [6.07, 6.45) is 1.31. The molecule has 0 aliphatic carbocycles. The number of nitrogens with one attached hydrogen (secondary N) is 1. The molecule has 17 heavy (non-hydrogen) atoms. The van der Waals surface area contributed by atoms with E-state index in [1.54, 1.807) is 7.11 Å². The van der Waals surface area contributed by atoms with Gasteiger partial charge in [0.15, 0.2) is 5.82 Å². The highest BCUT2D eigenvalue weighted by molar-refractivity contribution is 6.32. The smallest absolute Gasteiger partial charge is 0.213 e. The van der Waals surface area contributed by atoms with E-state index in [4.69, 9.17) is 16.3 Å². The SMILES string of the molecule is COc1ccc(CNCc2ncon2)cc1Cl. The Labute approximate surface area is 104 Å². The van der Waals surface area contributed by atoms with Gasteiger partial charge in [-0.05, 0) is 17.7 Å². The molecule has 0 unspecified atom stereocenters. The molecule has 0 spiro atoms. The Morgan fingerprint density at radius 3 is 2.94 bits per heavy atom. The van der Waals surface area contributed by atoms with E-state index in [-0.39, 0.29) is 0 Å². The molecule has 0 aliphatic rings. The zero-order valence-electron chi connectivity index (χ0n) is 9.31. The van der Waals surface area contributed by atoms with Gasteiger partial charge in [0.25, 0.3) is 0 Å². The average molecular weight is 254 g/mol. The molecule has 0 fully saturated rings. The number of halogens is 1. The van der Waals surface area contributed by atoms with Gasteiger partial charge in [0.1, 0.15) is 5.75 Å². The number of aromatic nitrogens is 2. The highest BCUT2D eigenvalue weighted by atomic mass is 35.5. The van der Waals surface area contributed by atoms with Gasteiger partial charge < -0.3 is 14.6 Å². The van der Waals surface area contributed by atoms with Gasteiger partial charge in [0.2, 0.25) is 6.39 Å². The summed E-state index contributed by atoms with van der Waals surface area (Å²) in [7, 11) is 1.59. The van der Waals surface area contributed by atoms with Crippen LogP contribution in [0.3, 0.4) is 0 Å². The van der Waals surface area contributed by atoms with Crippen LogP contribution in [0, 0.1) is 0 Å². The molecule has 90 valence electrons. The van der Waals surface area contributed by atoms with Crippen LogP contribution in [0.1, 0.15) is 11.4 Å². The van der Waals surface area contributed by atoms with Crippen LogP contribution in [-0.4, -0.2) is 17.3 Å². The molecule has 1 N–H and O–H groups in total. The van der Waals surface area contributed by atoms with Crippen molar-refractivity contribution in [1.82, 2.24) is 15.5 Å². The molecular weight excluding hydrogens is 242 g/mol. The molecule has 2 aromatic rings. The lowest BCUT2D eigenvalue weighted by molar-refractivity contribution is 0.407. The van der Waals surface area contributed by atoms with Crippen molar-refractivity contribution >= 4 is 11.6 Å². The minimum atomic E-state index is 0.556. The van der Waals surface area contributed by atoms with Crippen LogP contribution >= 0.6 is 11.6 Å². The number of benzene rings is 1. The third-order valence-corrected chi connectivity index (χ3v) is 2.53. The molecular formula is C11H12ClN3O2. The van der Waals surface area contributed by atoms with Crippen molar-refractivity contribution in [3.63, 3.8) is 0 Å². The molecule has 1 heterocycles. The van der Waals surface area contributed by atoms with Gasteiger partial charge >= 0.3 is 0 Å². The van der Waals surface area contributed by atoms with E-state index >= 15 is 0 Å². The second kappa shape index (κ2) is 5.65. The molecule has 6 heteroatoms. The Hall–Kier alpha value is -1.59. The fraction of sp³-hybridized carbons (Fsp3) is 0.273. The normalized spacial score (nSPS) is 10.5. The number of methoxy groups -OCH3 is 1. The van der Waals surface area contributed by atoms with Crippen molar-refractivity contribution in [2.45, 2.75) is 13.1 Å². The van der Waals surface area contributed by atoms with Crippen molar-refractivity contribution in [2.24, 2.45) is 0 Å². The van der Waals surface area contributed by atoms with E-state index in [0.29, 0.717) is 29.7 Å². The van der Waals surface area contributed by atoms with Crippen LogP contribution in [0.5, 0.6) is 5.75 Å². The first-order valence-electron chi connectivity index (χ1n) is 5.08. The number of hydrogen-bond acceptors (Lipinski definition) is 5. The maximum Gasteiger partial charge on any atom is 0.213 e. The van der Waals surface area contributed by atoms with Crippen molar-refractivity contribution in [3.05, 3.63) is 41.0 Å². The molecule has 0 amide bonds. The minimum absolute atomic E-state index is 0.556. The molecule has 1 aromatic heterocycles. The van der Waals surface area contributed by atoms with E-state index in [9.17, 15) is 0 Å². The number of hydrogen-bond donors (Lipinski definition) is 1. The molecule has 0 aliphatic heterocycles. The maximum atomic E-state index is 6.02. The lowest BCUT2D eigenvalue weighted by Crippen LogP contribution is -2.13. The number of rotatable bonds is 5. The van der Waals surface area contributed by atoms with E-state index in [0.717, 1.165) is 5.56 Å². The fourth-order valence-electron chi connectivity index (χ4n) is 1.41. The first-order chi connectivity index (χ1) is 8.29. The summed E-state index contributed by atoms with van der Waals surface area (Å²) in [6.45, 7) is 1.23. The van der Waals surface area contributed by atoms with Gasteiger partial charge in [-0.2, -0.15) is 4.98 Å². The van der Waals surface area contributed by atoms with Crippen LogP contribution in [-0.2, 0) is 13.1 Å². The first-order valence-corrected chi connectivity index (χ1v) is 5.46. The standard InChI is InChI=1S/C11H12ClN3O2/c1-16-10-3-2-8(4-9(10)12)5-13-6-11-14-7-17-15-11/h2-4,7,13H,5-6H2,1H3. The van der Waals surface area contributed by atoms with Crippen LogP contribution in [0.4, 0.5) is 0 Å². The topological polar surface area (TPSA) is 60.2 Å².